The molecule has 0 saturated heterocycles. The molecule has 0 radical (unpaired) electrons. The molecule has 1 nitrogen and oxygen atoms in total. The molecular formula is C25H41Cl2OTi. The smallest absolute Gasteiger partial charge is 0.116 e. The third-order valence-electron chi connectivity index (χ3n) is 5.02. The molecule has 1 unspecified atom stereocenters. The van der Waals surface area contributed by atoms with Crippen LogP contribution in [0.3, 0.4) is 0 Å². The predicted octanol–water partition coefficient (Wildman–Crippen LogP) is 8.09. The van der Waals surface area contributed by atoms with Gasteiger partial charge in [-0.3, -0.25) is 6.08 Å². The van der Waals surface area contributed by atoms with Crippen molar-refractivity contribution in [1.29, 1.82) is 0 Å². The summed E-state index contributed by atoms with van der Waals surface area (Å²) in [4.78, 5) is 0. The quantitative estimate of drug-likeness (QED) is 0.338. The van der Waals surface area contributed by atoms with E-state index in [0.717, 1.165) is 5.56 Å². The van der Waals surface area contributed by atoms with Crippen LogP contribution in [0.25, 0.3) is 0 Å². The van der Waals surface area contributed by atoms with Crippen molar-refractivity contribution in [3.05, 3.63) is 52.1 Å². The van der Waals surface area contributed by atoms with Crippen molar-refractivity contribution in [2.45, 2.75) is 87.5 Å². The van der Waals surface area contributed by atoms with Crippen LogP contribution in [-0.4, -0.2) is 8.92 Å². The van der Waals surface area contributed by atoms with Gasteiger partial charge in [-0.05, 0) is 35.6 Å². The second-order valence-electron chi connectivity index (χ2n) is 8.42. The van der Waals surface area contributed by atoms with E-state index in [4.69, 9.17) is 0 Å². The van der Waals surface area contributed by atoms with Crippen molar-refractivity contribution in [3.8, 4) is 5.75 Å². The third-order valence-corrected chi connectivity index (χ3v) is 6.12. The summed E-state index contributed by atoms with van der Waals surface area (Å²) in [5.74, 6) is 0.921. The molecule has 165 valence electrons. The van der Waals surface area contributed by atoms with Crippen LogP contribution in [-0.2, 0) is 25.4 Å². The maximum atomic E-state index is 9.36. The topological polar surface area (TPSA) is 20.2 Å². The maximum absolute atomic E-state index is 9.36. The van der Waals surface area contributed by atoms with E-state index in [0.29, 0.717) is 11.7 Å². The monoisotopic (exact) mass is 475 g/mol. The third kappa shape index (κ3) is 12.8. The van der Waals surface area contributed by atoms with Crippen molar-refractivity contribution < 1.29 is 25.1 Å². The molecule has 1 atom stereocenters. The number of allylic oxidation sites excluding steroid dienone is 4. The molecule has 29 heavy (non-hydrogen) atoms. The Bertz CT molecular complexity index is 671. The first kappa shape index (κ1) is 33.3. The predicted molar refractivity (Wildman–Crippen MR) is 132 cm³/mol. The van der Waals surface area contributed by atoms with Gasteiger partial charge in [0, 0.05) is 0 Å². The molecule has 1 aromatic rings. The molecule has 1 aliphatic carbocycles. The second-order valence-corrected chi connectivity index (χ2v) is 9.52. The number of rotatable bonds is 2. The van der Waals surface area contributed by atoms with Gasteiger partial charge in [-0.1, -0.05) is 53.5 Å². The Morgan fingerprint density at radius 3 is 1.69 bits per heavy atom. The summed E-state index contributed by atoms with van der Waals surface area (Å²) in [5.41, 5.74) is 6.65. The molecule has 0 heterocycles. The zero-order valence-electron chi connectivity index (χ0n) is 20.0. The van der Waals surface area contributed by atoms with Gasteiger partial charge in [0.05, 0.1) is 0 Å². The number of hydrogen-bond acceptors (Lipinski definition) is 1. The van der Waals surface area contributed by atoms with E-state index >= 15 is 0 Å². The van der Waals surface area contributed by atoms with E-state index in [2.05, 4.69) is 94.4 Å². The van der Waals surface area contributed by atoms with Crippen LogP contribution in [0.2, 0.25) is 0 Å². The molecule has 0 saturated carbocycles. The van der Waals surface area contributed by atoms with E-state index in [1.54, 1.807) is 9.88 Å². The summed E-state index contributed by atoms with van der Waals surface area (Å²) < 4.78 is 1.59. The zero-order valence-corrected chi connectivity index (χ0v) is 23.2. The molecule has 0 bridgehead atoms. The van der Waals surface area contributed by atoms with Gasteiger partial charge in [0.25, 0.3) is 0 Å². The summed E-state index contributed by atoms with van der Waals surface area (Å²) in [7, 11) is 0. The SMILES string of the molecule is CC1=[C-]C(C)C(C)=C1C.CC[C](=[Ti+])CC.Cc1cc(O)cc(C(C)(C)C)c1.Cl.Cl. The Morgan fingerprint density at radius 1 is 1.00 bits per heavy atom. The molecule has 0 aromatic heterocycles. The first-order chi connectivity index (χ1) is 12.3. The fraction of sp³-hybridized carbons (Fsp3) is 0.560. The number of aryl methyl sites for hydroxylation is 1. The molecule has 0 fully saturated rings. The van der Waals surface area contributed by atoms with Gasteiger partial charge >= 0.3 is 50.5 Å². The van der Waals surface area contributed by atoms with Crippen molar-refractivity contribution in [2.24, 2.45) is 5.92 Å². The van der Waals surface area contributed by atoms with Crippen LogP contribution in [0.1, 0.15) is 86.3 Å². The van der Waals surface area contributed by atoms with Gasteiger partial charge in [-0.15, -0.1) is 31.7 Å². The van der Waals surface area contributed by atoms with Crippen molar-refractivity contribution >= 4 is 28.6 Å². The molecule has 1 N–H and O–H groups in total. The molecule has 1 aliphatic rings. The van der Waals surface area contributed by atoms with Gasteiger partial charge in [0.2, 0.25) is 0 Å². The minimum atomic E-state index is 0. The standard InChI is InChI=1S/C11H16O.C9H13.C5H10.2ClH.Ti/c1-8-5-9(11(2,3)4)7-10(12)6-8;1-6-5-7(2)9(4)8(6)3;1-3-5-4-2;;;/h5-7,12H,1-4H3;6H,1-4H3;3-4H2,1-2H3;2*1H;/q;-1;;;;+1. The number of hydrogen-bond donors (Lipinski definition) is 1. The first-order valence-corrected chi connectivity index (χ1v) is 10.8. The summed E-state index contributed by atoms with van der Waals surface area (Å²) in [6, 6.07) is 5.71. The summed E-state index contributed by atoms with van der Waals surface area (Å²) in [5, 5.41) is 9.36. The molecular weight excluding hydrogens is 435 g/mol. The summed E-state index contributed by atoms with van der Waals surface area (Å²) >= 11 is 2.19. The molecule has 0 spiro atoms. The van der Waals surface area contributed by atoms with Gasteiger partial charge in [0.15, 0.2) is 0 Å². The summed E-state index contributed by atoms with van der Waals surface area (Å²) in [6.45, 7) is 21.5. The number of phenolic OH excluding ortho intramolecular Hbond substituents is 1. The van der Waals surface area contributed by atoms with Crippen molar-refractivity contribution in [1.82, 2.24) is 0 Å². The number of phenols is 1. The van der Waals surface area contributed by atoms with E-state index in [-0.39, 0.29) is 30.2 Å². The van der Waals surface area contributed by atoms with Crippen LogP contribution in [0.15, 0.2) is 34.9 Å². The number of aromatic hydroxyl groups is 1. The number of halogens is 2. The normalized spacial score (nSPS) is 15.0. The van der Waals surface area contributed by atoms with E-state index < -0.39 is 0 Å². The molecule has 1 aromatic carbocycles. The zero-order chi connectivity index (χ0) is 21.4. The van der Waals surface area contributed by atoms with Crippen LogP contribution < -0.4 is 0 Å². The maximum Gasteiger partial charge on any atom is 0.116 e. The van der Waals surface area contributed by atoms with Gasteiger partial charge in [-0.25, -0.2) is 5.57 Å². The van der Waals surface area contributed by atoms with Crippen molar-refractivity contribution in [2.75, 3.05) is 0 Å². The Kier molecular flexibility index (Phi) is 17.8. The van der Waals surface area contributed by atoms with E-state index in [1.807, 2.05) is 13.0 Å². The van der Waals surface area contributed by atoms with Crippen LogP contribution in [0.5, 0.6) is 5.75 Å². The average molecular weight is 476 g/mol. The number of benzene rings is 1. The van der Waals surface area contributed by atoms with Crippen LogP contribution in [0.4, 0.5) is 0 Å². The van der Waals surface area contributed by atoms with E-state index in [1.165, 1.54) is 35.1 Å². The van der Waals surface area contributed by atoms with Crippen LogP contribution >= 0.6 is 24.8 Å². The first-order valence-electron chi connectivity index (χ1n) is 9.98. The molecule has 2 rings (SSSR count). The van der Waals surface area contributed by atoms with E-state index in [9.17, 15) is 5.11 Å². The largest absolute Gasteiger partial charge is 0.508 e. The minimum Gasteiger partial charge on any atom is -0.508 e. The average Bonchev–Trinajstić information content (AvgIpc) is 2.79. The fourth-order valence-corrected chi connectivity index (χ4v) is 2.61. The second kappa shape index (κ2) is 15.5. The van der Waals surface area contributed by atoms with Crippen LogP contribution in [0, 0.1) is 18.9 Å². The molecule has 0 amide bonds. The minimum absolute atomic E-state index is 0. The van der Waals surface area contributed by atoms with Gasteiger partial charge in [0.1, 0.15) is 5.75 Å². The van der Waals surface area contributed by atoms with Gasteiger partial charge < -0.3 is 5.11 Å². The Balaban J connectivity index is -0.000000357. The molecule has 0 aliphatic heterocycles. The fourth-order valence-electron chi connectivity index (χ4n) is 2.61. The Labute approximate surface area is 204 Å². The summed E-state index contributed by atoms with van der Waals surface area (Å²) in [6.07, 6.45) is 5.85. The van der Waals surface area contributed by atoms with Crippen molar-refractivity contribution in [3.63, 3.8) is 0 Å². The Morgan fingerprint density at radius 2 is 1.48 bits per heavy atom. The molecule has 4 heteroatoms. The Hall–Kier alpha value is -0.336. The van der Waals surface area contributed by atoms with Gasteiger partial charge in [-0.2, -0.15) is 11.1 Å².